The van der Waals surface area contributed by atoms with E-state index >= 15 is 0 Å². The minimum absolute atomic E-state index is 0.286. The lowest BCUT2D eigenvalue weighted by Crippen LogP contribution is -2.37. The number of ether oxygens (including phenoxy) is 1. The average Bonchev–Trinajstić information content (AvgIpc) is 2.00. The van der Waals surface area contributed by atoms with Crippen molar-refractivity contribution < 1.29 is 4.74 Å². The maximum atomic E-state index is 6.02. The normalized spacial score (nSPS) is 14.2. The van der Waals surface area contributed by atoms with Crippen LogP contribution in [0.5, 0.6) is 0 Å². The predicted molar refractivity (Wildman–Crippen MR) is 66.0 cm³/mol. The van der Waals surface area contributed by atoms with E-state index in [2.05, 4.69) is 39.6 Å². The van der Waals surface area contributed by atoms with Crippen LogP contribution in [0.4, 0.5) is 0 Å². The number of hydrogen-bond donors (Lipinski definition) is 1. The van der Waals surface area contributed by atoms with E-state index in [0.717, 1.165) is 26.1 Å². The van der Waals surface area contributed by atoms with Crippen LogP contribution < -0.4 is 5.73 Å². The van der Waals surface area contributed by atoms with Crippen molar-refractivity contribution in [2.45, 2.75) is 46.3 Å². The first-order chi connectivity index (χ1) is 6.91. The molecule has 0 spiro atoms. The third-order valence-corrected chi connectivity index (χ3v) is 2.24. The van der Waals surface area contributed by atoms with Crippen LogP contribution in [0.2, 0.25) is 0 Å². The molecule has 0 aromatic rings. The fourth-order valence-corrected chi connectivity index (χ4v) is 1.62. The highest BCUT2D eigenvalue weighted by atomic mass is 16.5. The van der Waals surface area contributed by atoms with E-state index < -0.39 is 0 Å². The van der Waals surface area contributed by atoms with Crippen molar-refractivity contribution in [2.24, 2.45) is 11.7 Å². The summed E-state index contributed by atoms with van der Waals surface area (Å²) in [4.78, 5) is 2.25. The van der Waals surface area contributed by atoms with E-state index in [-0.39, 0.29) is 6.04 Å². The van der Waals surface area contributed by atoms with E-state index in [4.69, 9.17) is 10.5 Å². The molecule has 0 aromatic heterocycles. The molecule has 0 amide bonds. The van der Waals surface area contributed by atoms with Crippen LogP contribution in [0, 0.1) is 5.92 Å². The molecule has 1 unspecified atom stereocenters. The zero-order valence-electron chi connectivity index (χ0n) is 11.0. The van der Waals surface area contributed by atoms with Crippen molar-refractivity contribution in [3.63, 3.8) is 0 Å². The molecular formula is C12H28N2O. The van der Waals surface area contributed by atoms with Crippen LogP contribution in [-0.4, -0.2) is 43.8 Å². The Morgan fingerprint density at radius 3 is 2.27 bits per heavy atom. The summed E-state index contributed by atoms with van der Waals surface area (Å²) < 4.78 is 5.49. The summed E-state index contributed by atoms with van der Waals surface area (Å²) in [6.45, 7) is 11.3. The SMILES string of the molecule is CC(C)CC(N)CN(C)CCOC(C)C. The van der Waals surface area contributed by atoms with Gasteiger partial charge in [-0.3, -0.25) is 0 Å². The fourth-order valence-electron chi connectivity index (χ4n) is 1.62. The molecule has 3 nitrogen and oxygen atoms in total. The molecule has 3 heteroatoms. The Balaban J connectivity index is 3.50. The topological polar surface area (TPSA) is 38.5 Å². The molecule has 0 aliphatic carbocycles. The van der Waals surface area contributed by atoms with Gasteiger partial charge in [0.25, 0.3) is 0 Å². The monoisotopic (exact) mass is 216 g/mol. The number of hydrogen-bond acceptors (Lipinski definition) is 3. The van der Waals surface area contributed by atoms with Crippen molar-refractivity contribution in [1.82, 2.24) is 4.90 Å². The molecule has 0 aliphatic heterocycles. The van der Waals surface area contributed by atoms with E-state index in [1.807, 2.05) is 0 Å². The summed E-state index contributed by atoms with van der Waals surface area (Å²) in [5.41, 5.74) is 6.02. The molecule has 0 radical (unpaired) electrons. The maximum Gasteiger partial charge on any atom is 0.0596 e. The van der Waals surface area contributed by atoms with Gasteiger partial charge in [-0.1, -0.05) is 13.8 Å². The van der Waals surface area contributed by atoms with Gasteiger partial charge in [0.05, 0.1) is 12.7 Å². The molecule has 0 saturated carbocycles. The maximum absolute atomic E-state index is 6.02. The largest absolute Gasteiger partial charge is 0.377 e. The first-order valence-electron chi connectivity index (χ1n) is 5.97. The van der Waals surface area contributed by atoms with Gasteiger partial charge in [-0.05, 0) is 33.2 Å². The van der Waals surface area contributed by atoms with E-state index in [9.17, 15) is 0 Å². The van der Waals surface area contributed by atoms with Crippen molar-refractivity contribution >= 4 is 0 Å². The zero-order valence-corrected chi connectivity index (χ0v) is 11.0. The molecule has 2 N–H and O–H groups in total. The standard InChI is InChI=1S/C12H28N2O/c1-10(2)8-12(13)9-14(5)6-7-15-11(3)4/h10-12H,6-9,13H2,1-5H3. The second kappa shape index (κ2) is 8.08. The summed E-state index contributed by atoms with van der Waals surface area (Å²) in [6.07, 6.45) is 1.41. The van der Waals surface area contributed by atoms with E-state index in [1.54, 1.807) is 0 Å². The number of nitrogens with two attached hydrogens (primary N) is 1. The van der Waals surface area contributed by atoms with Crippen LogP contribution in [-0.2, 0) is 4.74 Å². The summed E-state index contributed by atoms with van der Waals surface area (Å²) in [7, 11) is 2.10. The van der Waals surface area contributed by atoms with Crippen LogP contribution >= 0.6 is 0 Å². The quantitative estimate of drug-likeness (QED) is 0.671. The van der Waals surface area contributed by atoms with Crippen molar-refractivity contribution in [3.8, 4) is 0 Å². The van der Waals surface area contributed by atoms with Crippen molar-refractivity contribution in [1.29, 1.82) is 0 Å². The van der Waals surface area contributed by atoms with Crippen molar-refractivity contribution in [3.05, 3.63) is 0 Å². The molecule has 1 atom stereocenters. The van der Waals surface area contributed by atoms with Crippen LogP contribution in [0.25, 0.3) is 0 Å². The smallest absolute Gasteiger partial charge is 0.0596 e. The zero-order chi connectivity index (χ0) is 11.8. The molecule has 0 fully saturated rings. The molecule has 0 saturated heterocycles. The van der Waals surface area contributed by atoms with Gasteiger partial charge in [-0.25, -0.2) is 0 Å². The first-order valence-corrected chi connectivity index (χ1v) is 5.97. The average molecular weight is 216 g/mol. The van der Waals surface area contributed by atoms with Gasteiger partial charge >= 0.3 is 0 Å². The lowest BCUT2D eigenvalue weighted by Gasteiger charge is -2.22. The van der Waals surface area contributed by atoms with E-state index in [0.29, 0.717) is 12.0 Å². The molecule has 92 valence electrons. The minimum atomic E-state index is 0.286. The van der Waals surface area contributed by atoms with Crippen LogP contribution in [0.15, 0.2) is 0 Å². The van der Waals surface area contributed by atoms with Crippen LogP contribution in [0.1, 0.15) is 34.1 Å². The van der Waals surface area contributed by atoms with Gasteiger partial charge in [0.15, 0.2) is 0 Å². The van der Waals surface area contributed by atoms with Gasteiger partial charge < -0.3 is 15.4 Å². The summed E-state index contributed by atoms with van der Waals surface area (Å²) in [5, 5.41) is 0. The highest BCUT2D eigenvalue weighted by Crippen LogP contribution is 2.03. The Morgan fingerprint density at radius 2 is 1.80 bits per heavy atom. The lowest BCUT2D eigenvalue weighted by atomic mass is 10.0. The van der Waals surface area contributed by atoms with Crippen molar-refractivity contribution in [2.75, 3.05) is 26.7 Å². The summed E-state index contributed by atoms with van der Waals surface area (Å²) in [6, 6.07) is 0.286. The van der Waals surface area contributed by atoms with Gasteiger partial charge in [-0.15, -0.1) is 0 Å². The molecular weight excluding hydrogens is 188 g/mol. The Kier molecular flexibility index (Phi) is 8.02. The minimum Gasteiger partial charge on any atom is -0.377 e. The molecule has 15 heavy (non-hydrogen) atoms. The Morgan fingerprint density at radius 1 is 1.20 bits per heavy atom. The molecule has 0 heterocycles. The van der Waals surface area contributed by atoms with E-state index in [1.165, 1.54) is 0 Å². The van der Waals surface area contributed by atoms with Gasteiger partial charge in [0.2, 0.25) is 0 Å². The summed E-state index contributed by atoms with van der Waals surface area (Å²) >= 11 is 0. The third kappa shape index (κ3) is 10.2. The molecule has 0 aromatic carbocycles. The summed E-state index contributed by atoms with van der Waals surface area (Å²) in [5.74, 6) is 0.681. The van der Waals surface area contributed by atoms with Gasteiger partial charge in [-0.2, -0.15) is 0 Å². The molecule has 0 rings (SSSR count). The number of nitrogens with zero attached hydrogens (tertiary/aromatic N) is 1. The number of rotatable bonds is 8. The molecule has 0 bridgehead atoms. The van der Waals surface area contributed by atoms with Crippen LogP contribution in [0.3, 0.4) is 0 Å². The predicted octanol–water partition coefficient (Wildman–Crippen LogP) is 1.72. The second-order valence-corrected chi connectivity index (χ2v) is 5.07. The highest BCUT2D eigenvalue weighted by molar-refractivity contribution is 4.67. The number of likely N-dealkylation sites (N-methyl/N-ethyl adjacent to an activating group) is 1. The first kappa shape index (κ1) is 14.9. The van der Waals surface area contributed by atoms with Gasteiger partial charge in [0.1, 0.15) is 0 Å². The Bertz CT molecular complexity index is 149. The highest BCUT2D eigenvalue weighted by Gasteiger charge is 2.08. The fraction of sp³-hybridized carbons (Fsp3) is 1.00. The Hall–Kier alpha value is -0.120. The third-order valence-electron chi connectivity index (χ3n) is 2.24. The Labute approximate surface area is 95.0 Å². The molecule has 0 aliphatic rings. The lowest BCUT2D eigenvalue weighted by molar-refractivity contribution is 0.0626. The van der Waals surface area contributed by atoms with Gasteiger partial charge in [0, 0.05) is 19.1 Å². The second-order valence-electron chi connectivity index (χ2n) is 5.07.